The number of hydrogen-bond donors (Lipinski definition) is 2. The number of hydrogen-bond acceptors (Lipinski definition) is 5. The smallest absolute Gasteiger partial charge is 0.224 e. The molecule has 0 fully saturated rings. The highest BCUT2D eigenvalue weighted by Gasteiger charge is 2.15. The number of amides is 1. The van der Waals surface area contributed by atoms with Crippen LogP contribution in [0.2, 0.25) is 0 Å². The summed E-state index contributed by atoms with van der Waals surface area (Å²) >= 11 is 0. The molecule has 3 aromatic rings. The molecular weight excluding hydrogens is 318 g/mol. The molecule has 0 aliphatic rings. The lowest BCUT2D eigenvalue weighted by Gasteiger charge is -2.11. The van der Waals surface area contributed by atoms with Crippen molar-refractivity contribution in [2.24, 2.45) is 0 Å². The summed E-state index contributed by atoms with van der Waals surface area (Å²) in [6.45, 7) is 1.86. The molecule has 0 bridgehead atoms. The first-order valence-electron chi connectivity index (χ1n) is 7.90. The fourth-order valence-electron chi connectivity index (χ4n) is 2.38. The summed E-state index contributed by atoms with van der Waals surface area (Å²) in [6.07, 6.45) is 3.68. The van der Waals surface area contributed by atoms with E-state index < -0.39 is 0 Å². The van der Waals surface area contributed by atoms with Gasteiger partial charge in [0.25, 0.3) is 0 Å². The number of carbonyl (C=O) groups excluding carboxylic acids is 1. The van der Waals surface area contributed by atoms with Crippen molar-refractivity contribution < 1.29 is 9.53 Å². The summed E-state index contributed by atoms with van der Waals surface area (Å²) < 4.78 is 5.11. The number of aromatic amines is 1. The van der Waals surface area contributed by atoms with Crippen LogP contribution in [0.15, 0.2) is 48.8 Å². The van der Waals surface area contributed by atoms with Gasteiger partial charge < -0.3 is 10.1 Å². The van der Waals surface area contributed by atoms with Gasteiger partial charge in [0.05, 0.1) is 19.6 Å². The third kappa shape index (κ3) is 4.20. The van der Waals surface area contributed by atoms with Gasteiger partial charge in [-0.25, -0.2) is 4.98 Å². The van der Waals surface area contributed by atoms with Gasteiger partial charge in [0.15, 0.2) is 5.82 Å². The monoisotopic (exact) mass is 337 g/mol. The molecule has 0 spiro atoms. The molecular formula is C18H19N5O2. The van der Waals surface area contributed by atoms with Gasteiger partial charge in [-0.1, -0.05) is 12.1 Å². The first-order chi connectivity index (χ1) is 12.2. The van der Waals surface area contributed by atoms with Crippen molar-refractivity contribution >= 4 is 5.91 Å². The standard InChI is InChI=1S/C18H19N5O2/c1-12(17-21-18(23-22-17)14-4-3-9-19-11-14)20-16(24)10-13-5-7-15(25-2)8-6-13/h3-9,11-12H,10H2,1-2H3,(H,20,24)(H,21,22,23)/t12-/m0/s1. The minimum absolute atomic E-state index is 0.0861. The quantitative estimate of drug-likeness (QED) is 0.720. The highest BCUT2D eigenvalue weighted by atomic mass is 16.5. The lowest BCUT2D eigenvalue weighted by Crippen LogP contribution is -2.28. The minimum atomic E-state index is -0.274. The Hall–Kier alpha value is -3.22. The van der Waals surface area contributed by atoms with Crippen LogP contribution in [0.3, 0.4) is 0 Å². The Morgan fingerprint density at radius 1 is 1.28 bits per heavy atom. The predicted molar refractivity (Wildman–Crippen MR) is 92.9 cm³/mol. The molecule has 25 heavy (non-hydrogen) atoms. The lowest BCUT2D eigenvalue weighted by atomic mass is 10.1. The van der Waals surface area contributed by atoms with E-state index in [-0.39, 0.29) is 18.4 Å². The fraction of sp³-hybridized carbons (Fsp3) is 0.222. The molecule has 0 aliphatic heterocycles. The van der Waals surface area contributed by atoms with Crippen LogP contribution in [-0.4, -0.2) is 33.2 Å². The van der Waals surface area contributed by atoms with Crippen LogP contribution in [0.4, 0.5) is 0 Å². The molecule has 7 nitrogen and oxygen atoms in total. The number of nitrogens with zero attached hydrogens (tertiary/aromatic N) is 3. The lowest BCUT2D eigenvalue weighted by molar-refractivity contribution is -0.121. The van der Waals surface area contributed by atoms with Gasteiger partial charge in [-0.15, -0.1) is 0 Å². The Kier molecular flexibility index (Phi) is 5.03. The number of H-pyrrole nitrogens is 1. The summed E-state index contributed by atoms with van der Waals surface area (Å²) in [6, 6.07) is 10.9. The van der Waals surface area contributed by atoms with Crippen molar-refractivity contribution in [3.05, 3.63) is 60.2 Å². The fourth-order valence-corrected chi connectivity index (χ4v) is 2.38. The molecule has 3 rings (SSSR count). The molecule has 2 N–H and O–H groups in total. The Morgan fingerprint density at radius 3 is 2.76 bits per heavy atom. The van der Waals surface area contributed by atoms with E-state index in [1.54, 1.807) is 19.5 Å². The van der Waals surface area contributed by atoms with Crippen molar-refractivity contribution in [3.63, 3.8) is 0 Å². The van der Waals surface area contributed by atoms with Gasteiger partial charge in [0.1, 0.15) is 11.6 Å². The van der Waals surface area contributed by atoms with Crippen LogP contribution >= 0.6 is 0 Å². The SMILES string of the molecule is COc1ccc(CC(=O)N[C@@H](C)c2nc(-c3cccnc3)n[nH]2)cc1. The molecule has 2 heterocycles. The van der Waals surface area contributed by atoms with E-state index in [0.717, 1.165) is 16.9 Å². The zero-order valence-corrected chi connectivity index (χ0v) is 14.1. The highest BCUT2D eigenvalue weighted by Crippen LogP contribution is 2.16. The predicted octanol–water partition coefficient (Wildman–Crippen LogP) is 2.30. The Morgan fingerprint density at radius 2 is 2.08 bits per heavy atom. The number of benzene rings is 1. The van der Waals surface area contributed by atoms with E-state index in [9.17, 15) is 4.79 Å². The molecule has 0 saturated heterocycles. The number of methoxy groups -OCH3 is 1. The van der Waals surface area contributed by atoms with Gasteiger partial charge in [-0.2, -0.15) is 5.10 Å². The van der Waals surface area contributed by atoms with Crippen LogP contribution in [-0.2, 0) is 11.2 Å². The van der Waals surface area contributed by atoms with Crippen LogP contribution in [0, 0.1) is 0 Å². The van der Waals surface area contributed by atoms with E-state index in [4.69, 9.17) is 4.74 Å². The second-order valence-corrected chi connectivity index (χ2v) is 5.60. The average Bonchev–Trinajstić information content (AvgIpc) is 3.13. The summed E-state index contributed by atoms with van der Waals surface area (Å²) in [4.78, 5) is 20.7. The third-order valence-corrected chi connectivity index (χ3v) is 3.73. The van der Waals surface area contributed by atoms with E-state index in [1.165, 1.54) is 0 Å². The molecule has 0 unspecified atom stereocenters. The Balaban J connectivity index is 1.60. The maximum Gasteiger partial charge on any atom is 0.224 e. The van der Waals surface area contributed by atoms with Crippen molar-refractivity contribution in [1.82, 2.24) is 25.5 Å². The van der Waals surface area contributed by atoms with Crippen molar-refractivity contribution in [3.8, 4) is 17.1 Å². The first-order valence-corrected chi connectivity index (χ1v) is 7.90. The summed E-state index contributed by atoms with van der Waals surface area (Å²) in [7, 11) is 1.61. The third-order valence-electron chi connectivity index (χ3n) is 3.73. The second kappa shape index (κ2) is 7.57. The van der Waals surface area contributed by atoms with Crippen LogP contribution in [0.5, 0.6) is 5.75 Å². The zero-order chi connectivity index (χ0) is 17.6. The minimum Gasteiger partial charge on any atom is -0.497 e. The van der Waals surface area contributed by atoms with Crippen molar-refractivity contribution in [1.29, 1.82) is 0 Å². The summed E-state index contributed by atoms with van der Waals surface area (Å²) in [5.74, 6) is 1.83. The second-order valence-electron chi connectivity index (χ2n) is 5.60. The maximum absolute atomic E-state index is 12.2. The zero-order valence-electron chi connectivity index (χ0n) is 14.1. The largest absolute Gasteiger partial charge is 0.497 e. The number of rotatable bonds is 6. The Labute approximate surface area is 145 Å². The topological polar surface area (TPSA) is 92.8 Å². The molecule has 1 atom stereocenters. The van der Waals surface area contributed by atoms with Crippen molar-refractivity contribution in [2.75, 3.05) is 7.11 Å². The molecule has 1 aromatic carbocycles. The molecule has 2 aromatic heterocycles. The van der Waals surface area contributed by atoms with E-state index in [0.29, 0.717) is 11.6 Å². The van der Waals surface area contributed by atoms with E-state index in [1.807, 2.05) is 43.3 Å². The molecule has 128 valence electrons. The van der Waals surface area contributed by atoms with Crippen LogP contribution in [0.1, 0.15) is 24.4 Å². The number of pyridine rings is 1. The molecule has 1 amide bonds. The molecule has 0 saturated carbocycles. The van der Waals surface area contributed by atoms with Crippen LogP contribution in [0.25, 0.3) is 11.4 Å². The Bertz CT molecular complexity index is 830. The number of aromatic nitrogens is 4. The van der Waals surface area contributed by atoms with Gasteiger partial charge in [0.2, 0.25) is 5.91 Å². The van der Waals surface area contributed by atoms with Gasteiger partial charge in [-0.05, 0) is 36.8 Å². The van der Waals surface area contributed by atoms with Gasteiger partial charge in [-0.3, -0.25) is 14.9 Å². The molecule has 0 aliphatic carbocycles. The van der Waals surface area contributed by atoms with E-state index >= 15 is 0 Å². The van der Waals surface area contributed by atoms with Crippen molar-refractivity contribution in [2.45, 2.75) is 19.4 Å². The normalized spacial score (nSPS) is 11.8. The first kappa shape index (κ1) is 16.6. The van der Waals surface area contributed by atoms with Gasteiger partial charge >= 0.3 is 0 Å². The molecule has 7 heteroatoms. The number of carbonyl (C=O) groups is 1. The summed E-state index contributed by atoms with van der Waals surface area (Å²) in [5.41, 5.74) is 1.74. The number of nitrogens with one attached hydrogen (secondary N) is 2. The average molecular weight is 337 g/mol. The summed E-state index contributed by atoms with van der Waals surface area (Å²) in [5, 5.41) is 9.96. The number of ether oxygens (including phenoxy) is 1. The van der Waals surface area contributed by atoms with Crippen LogP contribution < -0.4 is 10.1 Å². The highest BCUT2D eigenvalue weighted by molar-refractivity contribution is 5.78. The van der Waals surface area contributed by atoms with Gasteiger partial charge in [0, 0.05) is 18.0 Å². The molecule has 0 radical (unpaired) electrons. The van der Waals surface area contributed by atoms with E-state index in [2.05, 4.69) is 25.5 Å². The maximum atomic E-state index is 12.2.